The third-order valence-electron chi connectivity index (χ3n) is 4.48. The van der Waals surface area contributed by atoms with E-state index < -0.39 is 12.1 Å². The van der Waals surface area contributed by atoms with Gasteiger partial charge in [-0.25, -0.2) is 4.68 Å². The summed E-state index contributed by atoms with van der Waals surface area (Å²) in [4.78, 5) is 28.1. The third kappa shape index (κ3) is 2.60. The van der Waals surface area contributed by atoms with E-state index in [1.165, 1.54) is 4.90 Å². The highest BCUT2D eigenvalue weighted by atomic mass is 16.2. The second kappa shape index (κ2) is 5.87. The molecule has 1 aromatic carbocycles. The number of likely N-dealkylation sites (N-methyl/N-ethyl adjacent to an activating group) is 1. The first-order valence-corrected chi connectivity index (χ1v) is 7.65. The van der Waals surface area contributed by atoms with Crippen molar-refractivity contribution in [2.75, 3.05) is 7.05 Å². The van der Waals surface area contributed by atoms with E-state index in [4.69, 9.17) is 0 Å². The van der Waals surface area contributed by atoms with E-state index in [1.54, 1.807) is 36.7 Å². The minimum Gasteiger partial charge on any atom is -0.332 e. The summed E-state index contributed by atoms with van der Waals surface area (Å²) < 4.78 is 1.77. The fourth-order valence-electron chi connectivity index (χ4n) is 2.89. The van der Waals surface area contributed by atoms with Crippen molar-refractivity contribution < 1.29 is 9.59 Å². The van der Waals surface area contributed by atoms with Gasteiger partial charge in [-0.05, 0) is 31.5 Å². The molecule has 2 heterocycles. The normalized spacial score (nSPS) is 21.9. The Balaban J connectivity index is 1.93. The maximum absolute atomic E-state index is 12.6. The molecule has 6 nitrogen and oxygen atoms in total. The van der Waals surface area contributed by atoms with Crippen molar-refractivity contribution in [3.63, 3.8) is 0 Å². The molecule has 1 fully saturated rings. The van der Waals surface area contributed by atoms with Gasteiger partial charge in [-0.3, -0.25) is 9.59 Å². The van der Waals surface area contributed by atoms with E-state index in [-0.39, 0.29) is 11.8 Å². The van der Waals surface area contributed by atoms with Crippen molar-refractivity contribution in [2.24, 2.45) is 0 Å². The van der Waals surface area contributed by atoms with Crippen molar-refractivity contribution in [1.82, 2.24) is 19.6 Å². The smallest absolute Gasteiger partial charge is 0.246 e. The topological polar surface area (TPSA) is 58.4 Å². The maximum Gasteiger partial charge on any atom is 0.246 e. The van der Waals surface area contributed by atoms with Gasteiger partial charge in [0.25, 0.3) is 0 Å². The number of piperazine rings is 1. The lowest BCUT2D eigenvalue weighted by Gasteiger charge is -2.41. The van der Waals surface area contributed by atoms with Gasteiger partial charge in [-0.1, -0.05) is 18.2 Å². The highest BCUT2D eigenvalue weighted by Crippen LogP contribution is 2.22. The van der Waals surface area contributed by atoms with Crippen LogP contribution in [-0.2, 0) is 16.1 Å². The summed E-state index contributed by atoms with van der Waals surface area (Å²) in [5.74, 6) is -0.0662. The molecule has 2 amide bonds. The molecule has 2 atom stereocenters. The average Bonchev–Trinajstić information content (AvgIpc) is 3.10. The zero-order chi connectivity index (χ0) is 16.6. The first-order valence-electron chi connectivity index (χ1n) is 7.65. The molecule has 1 saturated heterocycles. The Kier molecular flexibility index (Phi) is 3.90. The lowest BCUT2D eigenvalue weighted by atomic mass is 10.1. The van der Waals surface area contributed by atoms with Crippen LogP contribution in [0.1, 0.15) is 19.4 Å². The zero-order valence-electron chi connectivity index (χ0n) is 13.5. The van der Waals surface area contributed by atoms with Crippen LogP contribution in [0.3, 0.4) is 0 Å². The van der Waals surface area contributed by atoms with E-state index in [2.05, 4.69) is 5.10 Å². The Morgan fingerprint density at radius 3 is 2.48 bits per heavy atom. The molecule has 23 heavy (non-hydrogen) atoms. The first-order chi connectivity index (χ1) is 11.0. The highest BCUT2D eigenvalue weighted by molar-refractivity contribution is 5.96. The van der Waals surface area contributed by atoms with Gasteiger partial charge in [-0.2, -0.15) is 5.10 Å². The highest BCUT2D eigenvalue weighted by Gasteiger charge is 2.39. The number of hydrogen-bond donors (Lipinski definition) is 0. The van der Waals surface area contributed by atoms with Crippen LogP contribution in [0.4, 0.5) is 0 Å². The van der Waals surface area contributed by atoms with Gasteiger partial charge in [0.2, 0.25) is 11.8 Å². The molecule has 0 bridgehead atoms. The van der Waals surface area contributed by atoms with Gasteiger partial charge in [0, 0.05) is 26.0 Å². The average molecular weight is 312 g/mol. The zero-order valence-corrected chi connectivity index (χ0v) is 13.5. The predicted octanol–water partition coefficient (Wildman–Crippen LogP) is 1.45. The number of hydrogen-bond acceptors (Lipinski definition) is 3. The van der Waals surface area contributed by atoms with E-state index in [9.17, 15) is 9.59 Å². The number of benzene rings is 1. The van der Waals surface area contributed by atoms with Gasteiger partial charge >= 0.3 is 0 Å². The quantitative estimate of drug-likeness (QED) is 0.862. The molecule has 0 saturated carbocycles. The monoisotopic (exact) mass is 312 g/mol. The van der Waals surface area contributed by atoms with E-state index in [1.807, 2.05) is 36.5 Å². The number of carbonyl (C=O) groups excluding carboxylic acids is 2. The van der Waals surface area contributed by atoms with Gasteiger partial charge in [0.1, 0.15) is 12.1 Å². The van der Waals surface area contributed by atoms with Gasteiger partial charge in [-0.15, -0.1) is 0 Å². The molecule has 120 valence electrons. The van der Waals surface area contributed by atoms with Crippen LogP contribution in [0.2, 0.25) is 0 Å². The van der Waals surface area contributed by atoms with Crippen LogP contribution >= 0.6 is 0 Å². The summed E-state index contributed by atoms with van der Waals surface area (Å²) in [6, 6.07) is 8.74. The van der Waals surface area contributed by atoms with Crippen molar-refractivity contribution >= 4 is 11.8 Å². The van der Waals surface area contributed by atoms with Crippen molar-refractivity contribution in [3.8, 4) is 5.69 Å². The Morgan fingerprint density at radius 2 is 1.78 bits per heavy atom. The van der Waals surface area contributed by atoms with Crippen LogP contribution in [-0.4, -0.2) is 50.5 Å². The Bertz CT molecular complexity index is 726. The molecule has 0 N–H and O–H groups in total. The molecule has 1 aromatic heterocycles. The largest absolute Gasteiger partial charge is 0.332 e. The molecule has 2 aromatic rings. The molecule has 0 aliphatic carbocycles. The second-order valence-corrected chi connectivity index (χ2v) is 5.85. The lowest BCUT2D eigenvalue weighted by Crippen LogP contribution is -2.61. The number of carbonyl (C=O) groups is 2. The van der Waals surface area contributed by atoms with Crippen LogP contribution in [0.15, 0.2) is 42.7 Å². The summed E-state index contributed by atoms with van der Waals surface area (Å²) in [5, 5.41) is 4.26. The van der Waals surface area contributed by atoms with Gasteiger partial charge in [0.05, 0.1) is 5.69 Å². The molecule has 0 spiro atoms. The minimum absolute atomic E-state index is 0.0325. The summed E-state index contributed by atoms with van der Waals surface area (Å²) in [6.45, 7) is 3.93. The molecule has 0 radical (unpaired) electrons. The number of para-hydroxylation sites is 1. The van der Waals surface area contributed by atoms with E-state index >= 15 is 0 Å². The van der Waals surface area contributed by atoms with Crippen LogP contribution < -0.4 is 0 Å². The molecule has 1 aliphatic rings. The fraction of sp³-hybridized carbons (Fsp3) is 0.353. The number of nitrogens with zero attached hydrogens (tertiary/aromatic N) is 4. The number of aromatic nitrogens is 2. The summed E-state index contributed by atoms with van der Waals surface area (Å²) in [7, 11) is 1.68. The van der Waals surface area contributed by atoms with Crippen molar-refractivity contribution in [1.29, 1.82) is 0 Å². The molecule has 1 aliphatic heterocycles. The van der Waals surface area contributed by atoms with Crippen LogP contribution in [0, 0.1) is 0 Å². The Hall–Kier alpha value is -2.63. The standard InChI is InChI=1S/C17H20N4O2/c1-12-17(23)20(13(2)16(22)19(12)3)11-14-7-4-5-8-15(14)21-10-6-9-18-21/h4-10,12-13H,11H2,1-3H3/t12-,13-/m0/s1. The first kappa shape index (κ1) is 15.3. The van der Waals surface area contributed by atoms with E-state index in [0.29, 0.717) is 6.54 Å². The van der Waals surface area contributed by atoms with E-state index in [0.717, 1.165) is 11.3 Å². The number of amides is 2. The van der Waals surface area contributed by atoms with Gasteiger partial charge < -0.3 is 9.80 Å². The summed E-state index contributed by atoms with van der Waals surface area (Å²) in [6.07, 6.45) is 3.58. The minimum atomic E-state index is -0.464. The van der Waals surface area contributed by atoms with Crippen LogP contribution in [0.25, 0.3) is 5.69 Å². The summed E-state index contributed by atoms with van der Waals surface area (Å²) >= 11 is 0. The molecule has 3 rings (SSSR count). The van der Waals surface area contributed by atoms with Crippen LogP contribution in [0.5, 0.6) is 0 Å². The number of rotatable bonds is 3. The molecular weight excluding hydrogens is 292 g/mol. The molecular formula is C17H20N4O2. The Labute approximate surface area is 135 Å². The SMILES string of the molecule is C[C@H]1C(=O)N(Cc2ccccc2-n2cccn2)[C@@H](C)C(=O)N1C. The van der Waals surface area contributed by atoms with Crippen molar-refractivity contribution in [2.45, 2.75) is 32.5 Å². The maximum atomic E-state index is 12.6. The molecule has 0 unspecified atom stereocenters. The summed E-state index contributed by atoms with van der Waals surface area (Å²) in [5.41, 5.74) is 1.87. The third-order valence-corrected chi connectivity index (χ3v) is 4.48. The predicted molar refractivity (Wildman–Crippen MR) is 85.8 cm³/mol. The Morgan fingerprint density at radius 1 is 1.04 bits per heavy atom. The molecule has 6 heteroatoms. The van der Waals surface area contributed by atoms with Crippen molar-refractivity contribution in [3.05, 3.63) is 48.3 Å². The second-order valence-electron chi connectivity index (χ2n) is 5.85. The van der Waals surface area contributed by atoms with Gasteiger partial charge in [0.15, 0.2) is 0 Å². The lowest BCUT2D eigenvalue weighted by molar-refractivity contribution is -0.159. The fourth-order valence-corrected chi connectivity index (χ4v) is 2.89.